The smallest absolute Gasteiger partial charge is 0.251 e. The third-order valence-electron chi connectivity index (χ3n) is 5.23. The Morgan fingerprint density at radius 2 is 1.92 bits per heavy atom. The Hall–Kier alpha value is -1.43. The van der Waals surface area contributed by atoms with Crippen LogP contribution in [0.5, 0.6) is 0 Å². The van der Waals surface area contributed by atoms with Crippen molar-refractivity contribution in [1.29, 1.82) is 0 Å². The summed E-state index contributed by atoms with van der Waals surface area (Å²) in [6.07, 6.45) is 2.48. The molecular weight excluding hydrogens is 304 g/mol. The zero-order valence-electron chi connectivity index (χ0n) is 14.4. The molecule has 0 unspecified atom stereocenters. The summed E-state index contributed by atoms with van der Waals surface area (Å²) in [6.45, 7) is 5.43. The summed E-state index contributed by atoms with van der Waals surface area (Å²) in [7, 11) is 0. The van der Waals surface area contributed by atoms with Gasteiger partial charge < -0.3 is 14.7 Å². The van der Waals surface area contributed by atoms with E-state index in [1.165, 1.54) is 0 Å². The second-order valence-corrected chi connectivity index (χ2v) is 6.87. The molecule has 0 aromatic heterocycles. The van der Waals surface area contributed by atoms with Gasteiger partial charge in [-0.1, -0.05) is 30.3 Å². The Bertz CT molecular complexity index is 529. The van der Waals surface area contributed by atoms with Gasteiger partial charge in [0.2, 0.25) is 0 Å². The van der Waals surface area contributed by atoms with Crippen molar-refractivity contribution in [3.05, 3.63) is 35.9 Å². The number of rotatable bonds is 5. The zero-order valence-corrected chi connectivity index (χ0v) is 14.4. The van der Waals surface area contributed by atoms with E-state index in [2.05, 4.69) is 4.90 Å². The number of nitrogens with zero attached hydrogens (tertiary/aromatic N) is 2. The van der Waals surface area contributed by atoms with Crippen molar-refractivity contribution in [2.75, 3.05) is 26.2 Å². The molecule has 2 aliphatic rings. The molecule has 1 N–H and O–H groups in total. The molecule has 1 aromatic rings. The van der Waals surface area contributed by atoms with Crippen LogP contribution in [0, 0.1) is 0 Å². The molecular formula is C19H28N2O3. The number of hydrogen-bond donors (Lipinski definition) is 1. The van der Waals surface area contributed by atoms with Gasteiger partial charge in [-0.15, -0.1) is 0 Å². The van der Waals surface area contributed by atoms with Gasteiger partial charge in [-0.2, -0.15) is 0 Å². The molecule has 1 saturated carbocycles. The Labute approximate surface area is 144 Å². The third kappa shape index (κ3) is 4.15. The lowest BCUT2D eigenvalue weighted by atomic mass is 10.1. The van der Waals surface area contributed by atoms with Gasteiger partial charge in [0.05, 0.1) is 12.7 Å². The largest absolute Gasteiger partial charge is 0.391 e. The van der Waals surface area contributed by atoms with E-state index in [4.69, 9.17) is 4.74 Å². The van der Waals surface area contributed by atoms with Gasteiger partial charge in [0.1, 0.15) is 6.10 Å². The highest BCUT2D eigenvalue weighted by Gasteiger charge is 2.34. The quantitative estimate of drug-likeness (QED) is 0.891. The van der Waals surface area contributed by atoms with Crippen molar-refractivity contribution in [2.45, 2.75) is 51.0 Å². The highest BCUT2D eigenvalue weighted by Crippen LogP contribution is 2.25. The van der Waals surface area contributed by atoms with E-state index in [0.29, 0.717) is 6.61 Å². The summed E-state index contributed by atoms with van der Waals surface area (Å²) in [4.78, 5) is 16.8. The molecule has 132 valence electrons. The van der Waals surface area contributed by atoms with Crippen molar-refractivity contribution in [1.82, 2.24) is 9.80 Å². The van der Waals surface area contributed by atoms with E-state index in [0.717, 1.165) is 51.0 Å². The molecule has 1 aromatic carbocycles. The summed E-state index contributed by atoms with van der Waals surface area (Å²) in [6, 6.07) is 10.2. The van der Waals surface area contributed by atoms with Crippen LogP contribution in [0.1, 0.15) is 31.7 Å². The number of carbonyl (C=O) groups is 1. The Morgan fingerprint density at radius 3 is 2.54 bits per heavy atom. The van der Waals surface area contributed by atoms with Crippen molar-refractivity contribution in [2.24, 2.45) is 0 Å². The summed E-state index contributed by atoms with van der Waals surface area (Å²) in [5, 5.41) is 10.0. The van der Waals surface area contributed by atoms with Gasteiger partial charge in [0.15, 0.2) is 0 Å². The summed E-state index contributed by atoms with van der Waals surface area (Å²) in [5.41, 5.74) is 1.08. The van der Waals surface area contributed by atoms with Crippen molar-refractivity contribution in [3.63, 3.8) is 0 Å². The van der Waals surface area contributed by atoms with Gasteiger partial charge >= 0.3 is 0 Å². The van der Waals surface area contributed by atoms with E-state index < -0.39 is 6.10 Å². The van der Waals surface area contributed by atoms with E-state index in [9.17, 15) is 9.90 Å². The van der Waals surface area contributed by atoms with Crippen LogP contribution in [0.15, 0.2) is 30.3 Å². The van der Waals surface area contributed by atoms with E-state index in [-0.39, 0.29) is 18.1 Å². The lowest BCUT2D eigenvalue weighted by Crippen LogP contribution is -2.55. The molecule has 5 nitrogen and oxygen atoms in total. The number of aliphatic hydroxyl groups is 1. The third-order valence-corrected chi connectivity index (χ3v) is 5.23. The number of carbonyl (C=O) groups excluding carboxylic acids is 1. The van der Waals surface area contributed by atoms with Crippen LogP contribution in [0.25, 0.3) is 0 Å². The molecule has 1 aliphatic carbocycles. The summed E-state index contributed by atoms with van der Waals surface area (Å²) < 4.78 is 5.74. The number of ether oxygens (including phenoxy) is 1. The summed E-state index contributed by atoms with van der Waals surface area (Å²) in [5.74, 6) is 0.0672. The maximum absolute atomic E-state index is 12.5. The molecule has 5 heteroatoms. The molecule has 0 bridgehead atoms. The molecule has 2 fully saturated rings. The molecule has 3 rings (SSSR count). The van der Waals surface area contributed by atoms with Crippen LogP contribution in [-0.2, 0) is 16.1 Å². The fourth-order valence-corrected chi connectivity index (χ4v) is 3.74. The first-order valence-corrected chi connectivity index (χ1v) is 9.01. The number of amides is 1. The van der Waals surface area contributed by atoms with Crippen LogP contribution < -0.4 is 0 Å². The van der Waals surface area contributed by atoms with Crippen LogP contribution >= 0.6 is 0 Å². The van der Waals surface area contributed by atoms with Crippen LogP contribution in [0.3, 0.4) is 0 Å². The SMILES string of the molecule is C[C@H](OCc1ccccc1)C(=O)N1CCN([C@H]2CCC[C@@H]2O)CC1. The van der Waals surface area contributed by atoms with E-state index in [1.54, 1.807) is 0 Å². The van der Waals surface area contributed by atoms with Gasteiger partial charge in [-0.3, -0.25) is 9.69 Å². The van der Waals surface area contributed by atoms with E-state index in [1.807, 2.05) is 42.2 Å². The predicted molar refractivity (Wildman–Crippen MR) is 92.5 cm³/mol. The standard InChI is InChI=1S/C19H28N2O3/c1-15(24-14-16-6-3-2-4-7-16)19(23)21-12-10-20(11-13-21)17-8-5-9-18(17)22/h2-4,6-7,15,17-18,22H,5,8-14H2,1H3/t15-,17-,18-/m0/s1. The minimum Gasteiger partial charge on any atom is -0.391 e. The van der Waals surface area contributed by atoms with Crippen molar-refractivity contribution in [3.8, 4) is 0 Å². The average Bonchev–Trinajstić information content (AvgIpc) is 3.06. The van der Waals surface area contributed by atoms with Crippen LogP contribution in [0.2, 0.25) is 0 Å². The van der Waals surface area contributed by atoms with Gasteiger partial charge in [-0.05, 0) is 31.7 Å². The zero-order chi connectivity index (χ0) is 16.9. The van der Waals surface area contributed by atoms with Crippen molar-refractivity contribution < 1.29 is 14.6 Å². The topological polar surface area (TPSA) is 53.0 Å². The Kier molecular flexibility index (Phi) is 5.87. The monoisotopic (exact) mass is 332 g/mol. The average molecular weight is 332 g/mol. The van der Waals surface area contributed by atoms with Crippen LogP contribution in [-0.4, -0.2) is 65.2 Å². The fourth-order valence-electron chi connectivity index (χ4n) is 3.74. The Morgan fingerprint density at radius 1 is 1.21 bits per heavy atom. The minimum absolute atomic E-state index is 0.0672. The second-order valence-electron chi connectivity index (χ2n) is 6.87. The highest BCUT2D eigenvalue weighted by atomic mass is 16.5. The first-order chi connectivity index (χ1) is 11.6. The maximum atomic E-state index is 12.5. The van der Waals surface area contributed by atoms with E-state index >= 15 is 0 Å². The number of piperazine rings is 1. The normalized spacial score (nSPS) is 26.5. The van der Waals surface area contributed by atoms with Crippen LogP contribution in [0.4, 0.5) is 0 Å². The second kappa shape index (κ2) is 8.10. The predicted octanol–water partition coefficient (Wildman–Crippen LogP) is 1.65. The van der Waals surface area contributed by atoms with Gasteiger partial charge in [-0.25, -0.2) is 0 Å². The summed E-state index contributed by atoms with van der Waals surface area (Å²) >= 11 is 0. The molecule has 24 heavy (non-hydrogen) atoms. The number of hydrogen-bond acceptors (Lipinski definition) is 4. The maximum Gasteiger partial charge on any atom is 0.251 e. The van der Waals surface area contributed by atoms with Crippen molar-refractivity contribution >= 4 is 5.91 Å². The van der Waals surface area contributed by atoms with Gasteiger partial charge in [0.25, 0.3) is 5.91 Å². The fraction of sp³-hybridized carbons (Fsp3) is 0.632. The number of benzene rings is 1. The first-order valence-electron chi connectivity index (χ1n) is 9.01. The molecule has 3 atom stereocenters. The number of aliphatic hydroxyl groups excluding tert-OH is 1. The molecule has 1 heterocycles. The van der Waals surface area contributed by atoms with Gasteiger partial charge in [0, 0.05) is 32.2 Å². The lowest BCUT2D eigenvalue weighted by Gasteiger charge is -2.39. The molecule has 0 radical (unpaired) electrons. The Balaban J connectivity index is 1.44. The first kappa shape index (κ1) is 17.4. The molecule has 1 amide bonds. The molecule has 0 spiro atoms. The minimum atomic E-state index is -0.422. The molecule has 1 aliphatic heterocycles. The lowest BCUT2D eigenvalue weighted by molar-refractivity contribution is -0.145. The highest BCUT2D eigenvalue weighted by molar-refractivity contribution is 5.80. The molecule has 1 saturated heterocycles.